The summed E-state index contributed by atoms with van der Waals surface area (Å²) >= 11 is 6.23. The van der Waals surface area contributed by atoms with Crippen LogP contribution in [0.1, 0.15) is 23.4 Å². The number of halogens is 1. The zero-order chi connectivity index (χ0) is 18.6. The molecule has 1 aliphatic heterocycles. The predicted molar refractivity (Wildman–Crippen MR) is 98.6 cm³/mol. The Kier molecular flexibility index (Phi) is 5.61. The van der Waals surface area contributed by atoms with Crippen LogP contribution in [0.15, 0.2) is 41.0 Å². The van der Waals surface area contributed by atoms with Gasteiger partial charge in [-0.2, -0.15) is 0 Å². The Hall–Kier alpha value is -2.35. The van der Waals surface area contributed by atoms with Gasteiger partial charge in [-0.05, 0) is 56.3 Å². The largest absolute Gasteiger partial charge is 0.459 e. The maximum absolute atomic E-state index is 12.7. The van der Waals surface area contributed by atoms with Crippen LogP contribution in [0.25, 0.3) is 0 Å². The summed E-state index contributed by atoms with van der Waals surface area (Å²) in [5, 5.41) is 9.02. The lowest BCUT2D eigenvalue weighted by Crippen LogP contribution is -2.51. The van der Waals surface area contributed by atoms with E-state index in [1.807, 2.05) is 0 Å². The van der Waals surface area contributed by atoms with Crippen LogP contribution in [-0.4, -0.2) is 37.6 Å². The third kappa shape index (κ3) is 3.90. The second-order valence-electron chi connectivity index (χ2n) is 6.03. The minimum atomic E-state index is -0.843. The molecular weight excluding hydrogens is 358 g/mol. The summed E-state index contributed by atoms with van der Waals surface area (Å²) in [7, 11) is 1.55. The Morgan fingerprint density at radius 3 is 2.62 bits per heavy atom. The molecule has 0 bridgehead atoms. The minimum Gasteiger partial charge on any atom is -0.459 e. The fraction of sp³-hybridized carbons (Fsp3) is 0.333. The highest BCUT2D eigenvalue weighted by Crippen LogP contribution is 2.28. The van der Waals surface area contributed by atoms with Gasteiger partial charge in [0.15, 0.2) is 5.76 Å². The van der Waals surface area contributed by atoms with Crippen molar-refractivity contribution < 1.29 is 18.7 Å². The Bertz CT molecular complexity index is 786. The molecule has 2 aromatic rings. The van der Waals surface area contributed by atoms with Gasteiger partial charge in [-0.15, -0.1) is 0 Å². The molecule has 1 saturated heterocycles. The van der Waals surface area contributed by atoms with Gasteiger partial charge >= 0.3 is 0 Å². The van der Waals surface area contributed by atoms with Crippen molar-refractivity contribution in [1.82, 2.24) is 5.32 Å². The quantitative estimate of drug-likeness (QED) is 0.745. The van der Waals surface area contributed by atoms with E-state index >= 15 is 0 Å². The van der Waals surface area contributed by atoms with E-state index in [1.165, 1.54) is 6.26 Å². The van der Waals surface area contributed by atoms with Crippen molar-refractivity contribution in [2.75, 3.05) is 30.8 Å². The molecule has 0 unspecified atom stereocenters. The van der Waals surface area contributed by atoms with Crippen LogP contribution in [0.2, 0.25) is 5.02 Å². The Balaban J connectivity index is 1.69. The third-order valence-electron chi connectivity index (χ3n) is 4.44. The molecule has 8 heteroatoms. The van der Waals surface area contributed by atoms with Gasteiger partial charge in [-0.1, -0.05) is 11.6 Å². The molecular formula is C18H20ClN3O4. The molecule has 0 saturated carbocycles. The summed E-state index contributed by atoms with van der Waals surface area (Å²) in [6, 6.07) is 8.07. The van der Waals surface area contributed by atoms with E-state index < -0.39 is 11.5 Å². The van der Waals surface area contributed by atoms with E-state index in [0.717, 1.165) is 13.1 Å². The second-order valence-corrected chi connectivity index (χ2v) is 6.44. The molecule has 7 nitrogen and oxygen atoms in total. The number of carbonyl (C=O) groups excluding carboxylic acids is 2. The maximum Gasteiger partial charge on any atom is 0.291 e. The van der Waals surface area contributed by atoms with Crippen LogP contribution in [0, 0.1) is 0 Å². The fourth-order valence-corrected chi connectivity index (χ4v) is 3.11. The number of benzene rings is 1. The van der Waals surface area contributed by atoms with Crippen LogP contribution in [0.3, 0.4) is 0 Å². The molecule has 138 valence electrons. The molecule has 1 aromatic carbocycles. The van der Waals surface area contributed by atoms with Crippen molar-refractivity contribution in [3.05, 3.63) is 47.4 Å². The maximum atomic E-state index is 12.7. The predicted octanol–water partition coefficient (Wildman–Crippen LogP) is 2.89. The summed E-state index contributed by atoms with van der Waals surface area (Å²) in [5.41, 5.74) is 0.115. The first-order valence-electron chi connectivity index (χ1n) is 8.26. The first kappa shape index (κ1) is 18.4. The summed E-state index contributed by atoms with van der Waals surface area (Å²) < 4.78 is 10.6. The van der Waals surface area contributed by atoms with Crippen LogP contribution in [0.4, 0.5) is 11.4 Å². The standard InChI is InChI=1S/C18H20ClN3O4/c1-25-18(6-8-20-9-7-18)17(24)21-12-4-5-14(13(19)11-12)22-16(23)15-3-2-10-26-15/h2-5,10-11,20H,6-9H2,1H3,(H,21,24)(H,22,23). The number of anilines is 2. The number of nitrogens with one attached hydrogen (secondary N) is 3. The van der Waals surface area contributed by atoms with E-state index in [0.29, 0.717) is 29.2 Å². The SMILES string of the molecule is COC1(C(=O)Nc2ccc(NC(=O)c3ccco3)c(Cl)c2)CCNCC1. The highest BCUT2D eigenvalue weighted by Gasteiger charge is 2.39. The van der Waals surface area contributed by atoms with Crippen molar-refractivity contribution in [2.45, 2.75) is 18.4 Å². The van der Waals surface area contributed by atoms with E-state index in [1.54, 1.807) is 37.4 Å². The number of piperidine rings is 1. The Labute approximate surface area is 156 Å². The third-order valence-corrected chi connectivity index (χ3v) is 4.75. The summed E-state index contributed by atoms with van der Waals surface area (Å²) in [6.07, 6.45) is 2.61. The van der Waals surface area contributed by atoms with Gasteiger partial charge < -0.3 is 25.1 Å². The van der Waals surface area contributed by atoms with Gasteiger partial charge in [-0.25, -0.2) is 0 Å². The monoisotopic (exact) mass is 377 g/mol. The van der Waals surface area contributed by atoms with E-state index in [-0.39, 0.29) is 11.7 Å². The first-order valence-corrected chi connectivity index (χ1v) is 8.63. The second kappa shape index (κ2) is 7.90. The van der Waals surface area contributed by atoms with Gasteiger partial charge in [-0.3, -0.25) is 9.59 Å². The lowest BCUT2D eigenvalue weighted by atomic mass is 9.91. The lowest BCUT2D eigenvalue weighted by molar-refractivity contribution is -0.140. The molecule has 26 heavy (non-hydrogen) atoms. The van der Waals surface area contributed by atoms with Crippen molar-refractivity contribution in [3.8, 4) is 0 Å². The molecule has 2 amide bonds. The zero-order valence-corrected chi connectivity index (χ0v) is 15.1. The Morgan fingerprint density at radius 2 is 2.00 bits per heavy atom. The van der Waals surface area contributed by atoms with Crippen molar-refractivity contribution >= 4 is 34.8 Å². The van der Waals surface area contributed by atoms with Crippen molar-refractivity contribution in [2.24, 2.45) is 0 Å². The van der Waals surface area contributed by atoms with Crippen LogP contribution in [-0.2, 0) is 9.53 Å². The number of amides is 2. The molecule has 2 heterocycles. The van der Waals surface area contributed by atoms with E-state index in [2.05, 4.69) is 16.0 Å². The van der Waals surface area contributed by atoms with Crippen molar-refractivity contribution in [3.63, 3.8) is 0 Å². The fourth-order valence-electron chi connectivity index (χ4n) is 2.89. The highest BCUT2D eigenvalue weighted by atomic mass is 35.5. The molecule has 1 aromatic heterocycles. The van der Waals surface area contributed by atoms with E-state index in [4.69, 9.17) is 20.8 Å². The van der Waals surface area contributed by atoms with Crippen LogP contribution in [0.5, 0.6) is 0 Å². The topological polar surface area (TPSA) is 92.6 Å². The lowest BCUT2D eigenvalue weighted by Gasteiger charge is -2.34. The summed E-state index contributed by atoms with van der Waals surface area (Å²) in [6.45, 7) is 1.44. The van der Waals surface area contributed by atoms with E-state index in [9.17, 15) is 9.59 Å². The number of methoxy groups -OCH3 is 1. The molecule has 3 N–H and O–H groups in total. The highest BCUT2D eigenvalue weighted by molar-refractivity contribution is 6.34. The van der Waals surface area contributed by atoms with Gasteiger partial charge in [0.2, 0.25) is 0 Å². The molecule has 0 aliphatic carbocycles. The van der Waals surface area contributed by atoms with Gasteiger partial charge in [0.25, 0.3) is 11.8 Å². The average molecular weight is 378 g/mol. The molecule has 1 fully saturated rings. The summed E-state index contributed by atoms with van der Waals surface area (Å²) in [4.78, 5) is 24.7. The molecule has 1 aliphatic rings. The first-order chi connectivity index (χ1) is 12.5. The van der Waals surface area contributed by atoms with Gasteiger partial charge in [0, 0.05) is 12.8 Å². The van der Waals surface area contributed by atoms with Gasteiger partial charge in [0.05, 0.1) is 17.0 Å². The van der Waals surface area contributed by atoms with Crippen LogP contribution < -0.4 is 16.0 Å². The average Bonchev–Trinajstić information content (AvgIpc) is 3.19. The number of ether oxygens (including phenoxy) is 1. The number of hydrogen-bond donors (Lipinski definition) is 3. The minimum absolute atomic E-state index is 0.186. The van der Waals surface area contributed by atoms with Gasteiger partial charge in [0.1, 0.15) is 5.60 Å². The van der Waals surface area contributed by atoms with Crippen molar-refractivity contribution in [1.29, 1.82) is 0 Å². The number of rotatable bonds is 5. The number of hydrogen-bond acceptors (Lipinski definition) is 5. The molecule has 0 spiro atoms. The Morgan fingerprint density at radius 1 is 1.23 bits per heavy atom. The normalized spacial score (nSPS) is 16.1. The molecule has 0 radical (unpaired) electrons. The molecule has 3 rings (SSSR count). The zero-order valence-electron chi connectivity index (χ0n) is 14.3. The molecule has 0 atom stereocenters. The number of carbonyl (C=O) groups is 2. The van der Waals surface area contributed by atoms with Crippen LogP contribution >= 0.6 is 11.6 Å². The number of furan rings is 1. The summed E-state index contributed by atoms with van der Waals surface area (Å²) in [5.74, 6) is -0.418. The smallest absolute Gasteiger partial charge is 0.291 e.